The molecule has 0 aliphatic carbocycles. The Balaban J connectivity index is 1.85. The number of aryl methyl sites for hydroxylation is 2. The molecule has 0 saturated carbocycles. The summed E-state index contributed by atoms with van der Waals surface area (Å²) in [6.07, 6.45) is 0. The van der Waals surface area contributed by atoms with Crippen molar-refractivity contribution in [1.29, 1.82) is 0 Å². The van der Waals surface area contributed by atoms with E-state index >= 15 is 0 Å². The van der Waals surface area contributed by atoms with Crippen LogP contribution in [0.15, 0.2) is 30.3 Å². The van der Waals surface area contributed by atoms with Gasteiger partial charge >= 0.3 is 6.03 Å². The van der Waals surface area contributed by atoms with Gasteiger partial charge in [-0.15, -0.1) is 11.3 Å². The number of thiophene rings is 1. The Bertz CT molecular complexity index is 635. The van der Waals surface area contributed by atoms with Crippen molar-refractivity contribution in [2.75, 3.05) is 7.11 Å². The molecule has 4 nitrogen and oxygen atoms in total. The van der Waals surface area contributed by atoms with E-state index < -0.39 is 0 Å². The van der Waals surface area contributed by atoms with E-state index in [4.69, 9.17) is 4.74 Å². The quantitative estimate of drug-likeness (QED) is 0.877. The fourth-order valence-electron chi connectivity index (χ4n) is 2.33. The average Bonchev–Trinajstić information content (AvgIpc) is 2.84. The van der Waals surface area contributed by atoms with Crippen LogP contribution in [0.2, 0.25) is 0 Å². The van der Waals surface area contributed by atoms with E-state index in [1.165, 1.54) is 15.3 Å². The zero-order valence-corrected chi connectivity index (χ0v) is 14.2. The van der Waals surface area contributed by atoms with Crippen molar-refractivity contribution in [2.24, 2.45) is 0 Å². The van der Waals surface area contributed by atoms with Crippen LogP contribution < -0.4 is 15.4 Å². The number of methoxy groups -OCH3 is 1. The zero-order chi connectivity index (χ0) is 16.1. The van der Waals surface area contributed by atoms with Crippen molar-refractivity contribution in [1.82, 2.24) is 10.6 Å². The third-order valence-electron chi connectivity index (χ3n) is 3.51. The molecule has 0 aliphatic heterocycles. The van der Waals surface area contributed by atoms with Gasteiger partial charge in [-0.25, -0.2) is 4.79 Å². The molecule has 2 N–H and O–H groups in total. The summed E-state index contributed by atoms with van der Waals surface area (Å²) < 4.78 is 5.11. The van der Waals surface area contributed by atoms with E-state index in [1.54, 1.807) is 18.4 Å². The Morgan fingerprint density at radius 1 is 1.27 bits per heavy atom. The summed E-state index contributed by atoms with van der Waals surface area (Å²) in [6, 6.07) is 9.62. The number of rotatable bonds is 5. The van der Waals surface area contributed by atoms with Gasteiger partial charge < -0.3 is 15.4 Å². The predicted molar refractivity (Wildman–Crippen MR) is 90.6 cm³/mol. The average molecular weight is 318 g/mol. The predicted octanol–water partition coefficient (Wildman–Crippen LogP) is 3.93. The second-order valence-electron chi connectivity index (χ2n) is 5.27. The van der Waals surface area contributed by atoms with Crippen LogP contribution in [0.25, 0.3) is 0 Å². The number of carbonyl (C=O) groups is 1. The molecular weight excluding hydrogens is 296 g/mol. The Hall–Kier alpha value is -2.01. The summed E-state index contributed by atoms with van der Waals surface area (Å²) >= 11 is 1.75. The summed E-state index contributed by atoms with van der Waals surface area (Å²) in [6.45, 7) is 6.66. The smallest absolute Gasteiger partial charge is 0.315 e. The number of hydrogen-bond acceptors (Lipinski definition) is 3. The Morgan fingerprint density at radius 3 is 2.50 bits per heavy atom. The third kappa shape index (κ3) is 4.24. The van der Waals surface area contributed by atoms with Crippen molar-refractivity contribution < 1.29 is 9.53 Å². The topological polar surface area (TPSA) is 50.4 Å². The minimum atomic E-state index is -0.161. The minimum Gasteiger partial charge on any atom is -0.497 e. The lowest BCUT2D eigenvalue weighted by Crippen LogP contribution is -2.36. The number of amides is 2. The molecule has 0 unspecified atom stereocenters. The summed E-state index contributed by atoms with van der Waals surface area (Å²) in [7, 11) is 1.64. The highest BCUT2D eigenvalue weighted by molar-refractivity contribution is 7.12. The van der Waals surface area contributed by atoms with Gasteiger partial charge in [0.05, 0.1) is 13.2 Å². The summed E-state index contributed by atoms with van der Waals surface area (Å²) in [4.78, 5) is 14.5. The van der Waals surface area contributed by atoms with Gasteiger partial charge in [-0.2, -0.15) is 0 Å². The van der Waals surface area contributed by atoms with Crippen molar-refractivity contribution in [3.05, 3.63) is 51.2 Å². The van der Waals surface area contributed by atoms with Gasteiger partial charge in [-0.05, 0) is 50.1 Å². The maximum Gasteiger partial charge on any atom is 0.315 e. The molecule has 2 amide bonds. The lowest BCUT2D eigenvalue weighted by Gasteiger charge is -2.15. The van der Waals surface area contributed by atoms with E-state index in [-0.39, 0.29) is 12.1 Å². The monoisotopic (exact) mass is 318 g/mol. The SMILES string of the molecule is COc1ccc(CNC(=O)N[C@@H](C)c2cc(C)sc2C)cc1. The molecule has 1 aromatic heterocycles. The van der Waals surface area contributed by atoms with Crippen LogP contribution in [-0.4, -0.2) is 13.1 Å². The van der Waals surface area contributed by atoms with E-state index in [9.17, 15) is 4.79 Å². The van der Waals surface area contributed by atoms with Gasteiger partial charge in [0.25, 0.3) is 0 Å². The lowest BCUT2D eigenvalue weighted by atomic mass is 10.1. The molecule has 0 saturated heterocycles. The minimum absolute atomic E-state index is 0.000757. The maximum absolute atomic E-state index is 12.0. The van der Waals surface area contributed by atoms with Crippen LogP contribution in [0.1, 0.15) is 33.8 Å². The Labute approximate surface area is 135 Å². The van der Waals surface area contributed by atoms with Crippen molar-refractivity contribution in [3.63, 3.8) is 0 Å². The van der Waals surface area contributed by atoms with Crippen LogP contribution in [0, 0.1) is 13.8 Å². The van der Waals surface area contributed by atoms with Gasteiger partial charge in [-0.1, -0.05) is 12.1 Å². The highest BCUT2D eigenvalue weighted by atomic mass is 32.1. The van der Waals surface area contributed by atoms with Gasteiger partial charge in [0.15, 0.2) is 0 Å². The second-order valence-corrected chi connectivity index (χ2v) is 6.73. The number of hydrogen-bond donors (Lipinski definition) is 2. The molecule has 5 heteroatoms. The van der Waals surface area contributed by atoms with Crippen LogP contribution in [0.4, 0.5) is 4.79 Å². The first-order valence-electron chi connectivity index (χ1n) is 7.24. The molecular formula is C17H22N2O2S. The van der Waals surface area contributed by atoms with Crippen molar-refractivity contribution >= 4 is 17.4 Å². The Morgan fingerprint density at radius 2 is 1.95 bits per heavy atom. The van der Waals surface area contributed by atoms with E-state index in [2.05, 4.69) is 30.5 Å². The number of ether oxygens (including phenoxy) is 1. The molecule has 118 valence electrons. The highest BCUT2D eigenvalue weighted by Crippen LogP contribution is 2.25. The molecule has 22 heavy (non-hydrogen) atoms. The largest absolute Gasteiger partial charge is 0.497 e. The summed E-state index contributed by atoms with van der Waals surface area (Å²) in [5, 5.41) is 5.85. The third-order valence-corrected chi connectivity index (χ3v) is 4.49. The van der Waals surface area contributed by atoms with Crippen LogP contribution in [0.3, 0.4) is 0 Å². The summed E-state index contributed by atoms with van der Waals surface area (Å²) in [5.74, 6) is 0.810. The molecule has 0 bridgehead atoms. The first kappa shape index (κ1) is 16.4. The molecule has 2 aromatic rings. The Kier molecular flexibility index (Phi) is 5.44. The normalized spacial score (nSPS) is 11.8. The molecule has 0 radical (unpaired) electrons. The first-order valence-corrected chi connectivity index (χ1v) is 8.05. The molecule has 1 aromatic carbocycles. The second kappa shape index (κ2) is 7.31. The van der Waals surface area contributed by atoms with Gasteiger partial charge in [0, 0.05) is 16.3 Å². The summed E-state index contributed by atoms with van der Waals surface area (Å²) in [5.41, 5.74) is 2.22. The van der Waals surface area contributed by atoms with E-state index in [1.807, 2.05) is 31.2 Å². The van der Waals surface area contributed by atoms with Gasteiger partial charge in [0.1, 0.15) is 5.75 Å². The van der Waals surface area contributed by atoms with Gasteiger partial charge in [0.2, 0.25) is 0 Å². The van der Waals surface area contributed by atoms with Gasteiger partial charge in [-0.3, -0.25) is 0 Å². The standard InChI is InChI=1S/C17H22N2O2S/c1-11-9-16(13(3)22-11)12(2)19-17(20)18-10-14-5-7-15(21-4)8-6-14/h5-9,12H,10H2,1-4H3,(H2,18,19,20)/t12-/m0/s1. The molecule has 0 spiro atoms. The van der Waals surface area contributed by atoms with E-state index in [0.29, 0.717) is 6.54 Å². The number of carbonyl (C=O) groups excluding carboxylic acids is 1. The number of nitrogens with one attached hydrogen (secondary N) is 2. The fraction of sp³-hybridized carbons (Fsp3) is 0.353. The van der Waals surface area contributed by atoms with Crippen molar-refractivity contribution in [3.8, 4) is 5.75 Å². The molecule has 2 rings (SSSR count). The highest BCUT2D eigenvalue weighted by Gasteiger charge is 2.13. The first-order chi connectivity index (χ1) is 10.5. The number of urea groups is 1. The fourth-order valence-corrected chi connectivity index (χ4v) is 3.35. The molecule has 1 atom stereocenters. The molecule has 1 heterocycles. The lowest BCUT2D eigenvalue weighted by molar-refractivity contribution is 0.237. The number of benzene rings is 1. The molecule has 0 aliphatic rings. The van der Waals surface area contributed by atoms with Crippen molar-refractivity contribution in [2.45, 2.75) is 33.4 Å². The van der Waals surface area contributed by atoms with Crippen LogP contribution >= 0.6 is 11.3 Å². The zero-order valence-electron chi connectivity index (χ0n) is 13.4. The molecule has 0 fully saturated rings. The van der Waals surface area contributed by atoms with Crippen LogP contribution in [-0.2, 0) is 6.54 Å². The van der Waals surface area contributed by atoms with E-state index in [0.717, 1.165) is 11.3 Å². The van der Waals surface area contributed by atoms with Crippen LogP contribution in [0.5, 0.6) is 5.75 Å². The maximum atomic E-state index is 12.0.